The van der Waals surface area contributed by atoms with Gasteiger partial charge in [-0.1, -0.05) is 6.07 Å². The summed E-state index contributed by atoms with van der Waals surface area (Å²) in [5, 5.41) is 0. The normalized spacial score (nSPS) is 12.3. The summed E-state index contributed by atoms with van der Waals surface area (Å²) in [6, 6.07) is 6.47. The Hall–Kier alpha value is -1.35. The first-order chi connectivity index (χ1) is 7.87. The molecule has 0 radical (unpaired) electrons. The van der Waals surface area contributed by atoms with E-state index in [1.807, 2.05) is 6.92 Å². The minimum atomic E-state index is -0.0999. The van der Waals surface area contributed by atoms with Gasteiger partial charge in [-0.3, -0.25) is 0 Å². The molecule has 2 aromatic rings. The minimum Gasteiger partial charge on any atom is -0.331 e. The van der Waals surface area contributed by atoms with Crippen LogP contribution in [0.3, 0.4) is 0 Å². The zero-order valence-electron chi connectivity index (χ0n) is 11.1. The van der Waals surface area contributed by atoms with E-state index in [4.69, 9.17) is 5.73 Å². The summed E-state index contributed by atoms with van der Waals surface area (Å²) < 4.78 is 2.13. The van der Waals surface area contributed by atoms with Crippen LogP contribution < -0.4 is 5.73 Å². The van der Waals surface area contributed by atoms with E-state index in [1.54, 1.807) is 0 Å². The highest BCUT2D eigenvalue weighted by atomic mass is 15.0. The number of nitrogens with two attached hydrogens (primary N) is 1. The van der Waals surface area contributed by atoms with Crippen LogP contribution in [0.1, 0.15) is 31.7 Å². The number of benzene rings is 1. The van der Waals surface area contributed by atoms with Crippen molar-refractivity contribution >= 4 is 11.0 Å². The van der Waals surface area contributed by atoms with Crippen LogP contribution in [-0.2, 0) is 13.5 Å². The van der Waals surface area contributed by atoms with Crippen LogP contribution in [-0.4, -0.2) is 15.1 Å². The monoisotopic (exact) mass is 231 g/mol. The number of fused-ring (bicyclic) bond motifs is 1. The third-order valence-corrected chi connectivity index (χ3v) is 3.23. The van der Waals surface area contributed by atoms with Gasteiger partial charge in [-0.05, 0) is 51.3 Å². The smallest absolute Gasteiger partial charge is 0.106 e. The van der Waals surface area contributed by atoms with Gasteiger partial charge in [0.05, 0.1) is 11.0 Å². The molecule has 3 nitrogen and oxygen atoms in total. The molecule has 0 aliphatic rings. The lowest BCUT2D eigenvalue weighted by atomic mass is 9.96. The number of rotatable bonds is 3. The number of nitrogens with zero attached hydrogens (tertiary/aromatic N) is 2. The van der Waals surface area contributed by atoms with Gasteiger partial charge in [0.1, 0.15) is 5.82 Å². The highest BCUT2D eigenvalue weighted by Crippen LogP contribution is 2.18. The van der Waals surface area contributed by atoms with Crippen molar-refractivity contribution in [3.8, 4) is 0 Å². The van der Waals surface area contributed by atoms with Crippen molar-refractivity contribution in [1.29, 1.82) is 0 Å². The van der Waals surface area contributed by atoms with Crippen molar-refractivity contribution in [2.45, 2.75) is 39.2 Å². The molecule has 3 heteroatoms. The van der Waals surface area contributed by atoms with Crippen molar-refractivity contribution in [2.24, 2.45) is 12.8 Å². The lowest BCUT2D eigenvalue weighted by molar-refractivity contribution is 0.477. The molecular weight excluding hydrogens is 210 g/mol. The molecular formula is C14H21N3. The fraction of sp³-hybridized carbons (Fsp3) is 0.500. The van der Waals surface area contributed by atoms with Crippen LogP contribution >= 0.6 is 0 Å². The van der Waals surface area contributed by atoms with Crippen molar-refractivity contribution < 1.29 is 0 Å². The summed E-state index contributed by atoms with van der Waals surface area (Å²) >= 11 is 0. The third-order valence-electron chi connectivity index (χ3n) is 3.23. The average molecular weight is 231 g/mol. The van der Waals surface area contributed by atoms with Crippen LogP contribution in [0.5, 0.6) is 0 Å². The zero-order chi connectivity index (χ0) is 12.6. The highest BCUT2D eigenvalue weighted by molar-refractivity contribution is 5.76. The van der Waals surface area contributed by atoms with E-state index in [1.165, 1.54) is 11.1 Å². The average Bonchev–Trinajstić information content (AvgIpc) is 2.51. The Balaban J connectivity index is 2.28. The Morgan fingerprint density at radius 3 is 2.71 bits per heavy atom. The van der Waals surface area contributed by atoms with E-state index in [0.717, 1.165) is 24.2 Å². The Labute approximate surface area is 103 Å². The molecule has 0 fully saturated rings. The Bertz CT molecular complexity index is 532. The van der Waals surface area contributed by atoms with Crippen molar-refractivity contribution in [1.82, 2.24) is 9.55 Å². The molecule has 2 N–H and O–H groups in total. The van der Waals surface area contributed by atoms with Crippen LogP contribution in [0.2, 0.25) is 0 Å². The number of imidazole rings is 1. The molecule has 0 saturated carbocycles. The zero-order valence-corrected chi connectivity index (χ0v) is 11.1. The van der Waals surface area contributed by atoms with Gasteiger partial charge in [-0.25, -0.2) is 4.98 Å². The van der Waals surface area contributed by atoms with Crippen LogP contribution in [0.15, 0.2) is 18.2 Å². The molecule has 0 amide bonds. The number of hydrogen-bond donors (Lipinski definition) is 1. The maximum absolute atomic E-state index is 6.01. The fourth-order valence-corrected chi connectivity index (χ4v) is 1.98. The van der Waals surface area contributed by atoms with Crippen LogP contribution in [0.25, 0.3) is 11.0 Å². The summed E-state index contributed by atoms with van der Waals surface area (Å²) in [4.78, 5) is 4.50. The predicted molar refractivity (Wildman–Crippen MR) is 72.0 cm³/mol. The molecule has 0 aliphatic heterocycles. The van der Waals surface area contributed by atoms with Crippen LogP contribution in [0, 0.1) is 6.92 Å². The molecule has 1 aromatic heterocycles. The lowest BCUT2D eigenvalue weighted by Crippen LogP contribution is -2.32. The van der Waals surface area contributed by atoms with E-state index in [0.29, 0.717) is 0 Å². The lowest BCUT2D eigenvalue weighted by Gasteiger charge is -2.17. The summed E-state index contributed by atoms with van der Waals surface area (Å²) in [6.07, 6.45) is 2.01. The van der Waals surface area contributed by atoms with Gasteiger partial charge in [0, 0.05) is 12.6 Å². The molecule has 0 aliphatic carbocycles. The first-order valence-corrected chi connectivity index (χ1v) is 6.08. The Morgan fingerprint density at radius 2 is 2.06 bits per heavy atom. The van der Waals surface area contributed by atoms with Crippen molar-refractivity contribution in [3.05, 3.63) is 29.6 Å². The number of aromatic nitrogens is 2. The Kier molecular flexibility index (Phi) is 2.96. The minimum absolute atomic E-state index is 0.0999. The third kappa shape index (κ3) is 2.67. The summed E-state index contributed by atoms with van der Waals surface area (Å²) in [7, 11) is 2.06. The first-order valence-electron chi connectivity index (χ1n) is 6.08. The standard InChI is InChI=1S/C14H21N3/c1-10-16-12-6-5-11(7-8-14(2,3)15)9-13(12)17(10)4/h5-6,9H,7-8,15H2,1-4H3. The molecule has 0 unspecified atom stereocenters. The molecule has 17 heavy (non-hydrogen) atoms. The van der Waals surface area contributed by atoms with Gasteiger partial charge in [-0.2, -0.15) is 0 Å². The number of aryl methyl sites for hydroxylation is 3. The predicted octanol–water partition coefficient (Wildman–Crippen LogP) is 2.55. The summed E-state index contributed by atoms with van der Waals surface area (Å²) in [5.41, 5.74) is 9.52. The second-order valence-electron chi connectivity index (χ2n) is 5.53. The van der Waals surface area contributed by atoms with Gasteiger partial charge in [0.15, 0.2) is 0 Å². The molecule has 1 heterocycles. The van der Waals surface area contributed by atoms with Gasteiger partial charge in [0.2, 0.25) is 0 Å². The first kappa shape index (κ1) is 12.1. The molecule has 2 rings (SSSR count). The van der Waals surface area contributed by atoms with E-state index in [9.17, 15) is 0 Å². The molecule has 1 aromatic carbocycles. The van der Waals surface area contributed by atoms with Gasteiger partial charge in [0.25, 0.3) is 0 Å². The van der Waals surface area contributed by atoms with Crippen LogP contribution in [0.4, 0.5) is 0 Å². The molecule has 0 saturated heterocycles. The molecule has 92 valence electrons. The molecule has 0 atom stereocenters. The highest BCUT2D eigenvalue weighted by Gasteiger charge is 2.11. The second kappa shape index (κ2) is 4.15. The maximum Gasteiger partial charge on any atom is 0.106 e. The van der Waals surface area contributed by atoms with Gasteiger partial charge >= 0.3 is 0 Å². The Morgan fingerprint density at radius 1 is 1.35 bits per heavy atom. The van der Waals surface area contributed by atoms with Gasteiger partial charge in [-0.15, -0.1) is 0 Å². The van der Waals surface area contributed by atoms with Crippen molar-refractivity contribution in [2.75, 3.05) is 0 Å². The summed E-state index contributed by atoms with van der Waals surface area (Å²) in [6.45, 7) is 6.17. The molecule has 0 spiro atoms. The SMILES string of the molecule is Cc1nc2ccc(CCC(C)(C)N)cc2n1C. The van der Waals surface area contributed by atoms with Gasteiger partial charge < -0.3 is 10.3 Å². The van der Waals surface area contributed by atoms with E-state index in [2.05, 4.69) is 48.6 Å². The van der Waals surface area contributed by atoms with E-state index in [-0.39, 0.29) is 5.54 Å². The topological polar surface area (TPSA) is 43.8 Å². The largest absolute Gasteiger partial charge is 0.331 e. The maximum atomic E-state index is 6.01. The van der Waals surface area contributed by atoms with Crippen molar-refractivity contribution in [3.63, 3.8) is 0 Å². The number of hydrogen-bond acceptors (Lipinski definition) is 2. The molecule has 0 bridgehead atoms. The summed E-state index contributed by atoms with van der Waals surface area (Å²) in [5.74, 6) is 1.05. The fourth-order valence-electron chi connectivity index (χ4n) is 1.98. The van der Waals surface area contributed by atoms with E-state index >= 15 is 0 Å². The second-order valence-corrected chi connectivity index (χ2v) is 5.53. The quantitative estimate of drug-likeness (QED) is 0.882. The van der Waals surface area contributed by atoms with E-state index < -0.39 is 0 Å².